The molecule has 0 rings (SSSR count). The van der Waals surface area contributed by atoms with Crippen molar-refractivity contribution in [2.24, 2.45) is 11.8 Å². The third-order valence-electron chi connectivity index (χ3n) is 13.4. The monoisotopic (exact) mass is 877 g/mol. The number of hydrogen-bond donors (Lipinski definition) is 0. The molecule has 0 radical (unpaired) electrons. The number of esters is 3. The van der Waals surface area contributed by atoms with Crippen LogP contribution in [0.25, 0.3) is 0 Å². The zero-order valence-corrected chi connectivity index (χ0v) is 42.5. The van der Waals surface area contributed by atoms with Crippen LogP contribution < -0.4 is 0 Å². The van der Waals surface area contributed by atoms with E-state index in [1.165, 1.54) is 199 Å². The lowest BCUT2D eigenvalue weighted by atomic mass is 9.99. The van der Waals surface area contributed by atoms with Gasteiger partial charge in [-0.05, 0) is 31.1 Å². The van der Waals surface area contributed by atoms with Gasteiger partial charge in [-0.2, -0.15) is 0 Å². The van der Waals surface area contributed by atoms with Crippen molar-refractivity contribution >= 4 is 17.9 Å². The van der Waals surface area contributed by atoms with E-state index in [2.05, 4.69) is 34.6 Å². The number of hydrogen-bond acceptors (Lipinski definition) is 6. The molecule has 0 saturated heterocycles. The summed E-state index contributed by atoms with van der Waals surface area (Å²) in [6, 6.07) is 0. The second kappa shape index (κ2) is 48.9. The van der Waals surface area contributed by atoms with Crippen LogP contribution >= 0.6 is 0 Å². The van der Waals surface area contributed by atoms with E-state index in [0.29, 0.717) is 19.3 Å². The first kappa shape index (κ1) is 60.4. The Kier molecular flexibility index (Phi) is 47.6. The fraction of sp³-hybridized carbons (Fsp3) is 0.946. The summed E-state index contributed by atoms with van der Waals surface area (Å²) in [4.78, 5) is 38.0. The second-order valence-corrected chi connectivity index (χ2v) is 19.7. The Balaban J connectivity index is 4.29. The minimum atomic E-state index is -0.763. The highest BCUT2D eigenvalue weighted by Crippen LogP contribution is 2.19. The van der Waals surface area contributed by atoms with Gasteiger partial charge in [0.2, 0.25) is 0 Å². The quantitative estimate of drug-likeness (QED) is 0.0344. The highest BCUT2D eigenvalue weighted by Gasteiger charge is 2.19. The van der Waals surface area contributed by atoms with Crippen molar-refractivity contribution in [3.8, 4) is 0 Å². The molecular weight excluding hydrogens is 769 g/mol. The molecule has 0 aliphatic rings. The van der Waals surface area contributed by atoms with E-state index >= 15 is 0 Å². The highest BCUT2D eigenvalue weighted by molar-refractivity contribution is 5.71. The maximum atomic E-state index is 12.8. The van der Waals surface area contributed by atoms with Crippen LogP contribution in [0.3, 0.4) is 0 Å². The Bertz CT molecular complexity index is 951. The van der Waals surface area contributed by atoms with E-state index in [0.717, 1.165) is 69.6 Å². The molecule has 0 amide bonds. The van der Waals surface area contributed by atoms with E-state index in [1.54, 1.807) is 0 Å². The fourth-order valence-corrected chi connectivity index (χ4v) is 8.46. The fourth-order valence-electron chi connectivity index (χ4n) is 8.46. The molecule has 0 bridgehead atoms. The summed E-state index contributed by atoms with van der Waals surface area (Å²) in [6.07, 6.45) is 50.8. The first-order chi connectivity index (χ1) is 30.3. The lowest BCUT2D eigenvalue weighted by molar-refractivity contribution is -0.167. The van der Waals surface area contributed by atoms with Crippen LogP contribution in [-0.4, -0.2) is 37.2 Å². The summed E-state index contributed by atoms with van der Waals surface area (Å²) in [6.45, 7) is 11.4. The SMILES string of the molecule is CCCCCCCCCCCCCCCCCCCCC(=O)OC[C@H](COC(=O)CCCCCCCCCCC(C)CC)OC(=O)CCCCCCCCCCCCC(C)CC. The van der Waals surface area contributed by atoms with Crippen molar-refractivity contribution in [1.29, 1.82) is 0 Å². The van der Waals surface area contributed by atoms with Gasteiger partial charge in [-0.1, -0.05) is 272 Å². The average molecular weight is 877 g/mol. The minimum Gasteiger partial charge on any atom is -0.462 e. The summed E-state index contributed by atoms with van der Waals surface area (Å²) in [5, 5.41) is 0. The van der Waals surface area contributed by atoms with Crippen LogP contribution in [0.15, 0.2) is 0 Å². The molecule has 3 atom stereocenters. The molecule has 2 unspecified atom stereocenters. The number of rotatable bonds is 50. The smallest absolute Gasteiger partial charge is 0.306 e. The molecule has 0 N–H and O–H groups in total. The summed E-state index contributed by atoms with van der Waals surface area (Å²) in [7, 11) is 0. The van der Waals surface area contributed by atoms with Crippen LogP contribution in [0.2, 0.25) is 0 Å². The van der Waals surface area contributed by atoms with Crippen molar-refractivity contribution in [2.45, 2.75) is 317 Å². The topological polar surface area (TPSA) is 78.9 Å². The summed E-state index contributed by atoms with van der Waals surface area (Å²) < 4.78 is 16.9. The molecule has 0 aliphatic heterocycles. The van der Waals surface area contributed by atoms with E-state index in [-0.39, 0.29) is 31.1 Å². The number of unbranched alkanes of at least 4 members (excludes halogenated alkanes) is 33. The maximum absolute atomic E-state index is 12.8. The predicted molar refractivity (Wildman–Crippen MR) is 266 cm³/mol. The third kappa shape index (κ3) is 46.4. The van der Waals surface area contributed by atoms with Gasteiger partial charge in [0.25, 0.3) is 0 Å². The minimum absolute atomic E-state index is 0.0636. The summed E-state index contributed by atoms with van der Waals surface area (Å²) in [5.74, 6) is 0.870. The molecule has 0 aliphatic carbocycles. The van der Waals surface area contributed by atoms with Crippen molar-refractivity contribution < 1.29 is 28.6 Å². The van der Waals surface area contributed by atoms with E-state index in [4.69, 9.17) is 14.2 Å². The Morgan fingerprint density at radius 1 is 0.323 bits per heavy atom. The first-order valence-corrected chi connectivity index (χ1v) is 27.8. The van der Waals surface area contributed by atoms with Gasteiger partial charge in [0, 0.05) is 19.3 Å². The van der Waals surface area contributed by atoms with Crippen LogP contribution in [0.1, 0.15) is 311 Å². The van der Waals surface area contributed by atoms with Gasteiger partial charge in [0.1, 0.15) is 13.2 Å². The molecule has 0 saturated carbocycles. The van der Waals surface area contributed by atoms with Gasteiger partial charge in [-0.15, -0.1) is 0 Å². The Morgan fingerprint density at radius 3 is 0.839 bits per heavy atom. The second-order valence-electron chi connectivity index (χ2n) is 19.7. The van der Waals surface area contributed by atoms with Gasteiger partial charge in [-0.25, -0.2) is 0 Å². The Labute approximate surface area is 387 Å². The Hall–Kier alpha value is -1.59. The molecule has 62 heavy (non-hydrogen) atoms. The first-order valence-electron chi connectivity index (χ1n) is 27.8. The molecule has 0 aromatic carbocycles. The summed E-state index contributed by atoms with van der Waals surface area (Å²) in [5.41, 5.74) is 0. The number of carbonyl (C=O) groups excluding carboxylic acids is 3. The Morgan fingerprint density at radius 2 is 0.565 bits per heavy atom. The highest BCUT2D eigenvalue weighted by atomic mass is 16.6. The van der Waals surface area contributed by atoms with Crippen LogP contribution in [0.5, 0.6) is 0 Å². The average Bonchev–Trinajstić information content (AvgIpc) is 3.27. The van der Waals surface area contributed by atoms with Crippen LogP contribution in [0.4, 0.5) is 0 Å². The maximum Gasteiger partial charge on any atom is 0.306 e. The van der Waals surface area contributed by atoms with Crippen molar-refractivity contribution in [1.82, 2.24) is 0 Å². The van der Waals surface area contributed by atoms with Crippen LogP contribution in [0, 0.1) is 11.8 Å². The van der Waals surface area contributed by atoms with Crippen molar-refractivity contribution in [3.05, 3.63) is 0 Å². The van der Waals surface area contributed by atoms with E-state index < -0.39 is 6.10 Å². The standard InChI is InChI=1S/C56H108O6/c1-6-9-10-11-12-13-14-15-16-17-18-19-20-21-25-31-36-41-46-54(57)60-49-53(50-61-55(58)47-42-37-32-28-27-30-35-40-45-52(5)8-3)62-56(59)48-43-38-33-26-23-22-24-29-34-39-44-51(4)7-2/h51-53H,6-50H2,1-5H3/t51?,52?,53-/m1/s1. The summed E-state index contributed by atoms with van der Waals surface area (Å²) >= 11 is 0. The molecule has 0 aromatic rings. The lowest BCUT2D eigenvalue weighted by Gasteiger charge is -2.18. The number of ether oxygens (including phenoxy) is 3. The van der Waals surface area contributed by atoms with E-state index in [9.17, 15) is 14.4 Å². The molecule has 0 spiro atoms. The molecule has 6 nitrogen and oxygen atoms in total. The van der Waals surface area contributed by atoms with E-state index in [1.807, 2.05) is 0 Å². The lowest BCUT2D eigenvalue weighted by Crippen LogP contribution is -2.30. The zero-order chi connectivity index (χ0) is 45.4. The van der Waals surface area contributed by atoms with Gasteiger partial charge in [0.05, 0.1) is 0 Å². The third-order valence-corrected chi connectivity index (χ3v) is 13.4. The van der Waals surface area contributed by atoms with Gasteiger partial charge >= 0.3 is 17.9 Å². The van der Waals surface area contributed by atoms with Gasteiger partial charge < -0.3 is 14.2 Å². The van der Waals surface area contributed by atoms with Crippen LogP contribution in [-0.2, 0) is 28.6 Å². The van der Waals surface area contributed by atoms with Crippen molar-refractivity contribution in [2.75, 3.05) is 13.2 Å². The normalized spacial score (nSPS) is 12.9. The molecule has 368 valence electrons. The molecular formula is C56H108O6. The van der Waals surface area contributed by atoms with Crippen molar-refractivity contribution in [3.63, 3.8) is 0 Å². The predicted octanol–water partition coefficient (Wildman–Crippen LogP) is 18.1. The molecule has 6 heteroatoms. The number of carbonyl (C=O) groups is 3. The molecule has 0 fully saturated rings. The molecule has 0 aromatic heterocycles. The zero-order valence-electron chi connectivity index (χ0n) is 42.5. The molecule has 0 heterocycles. The van der Waals surface area contributed by atoms with Gasteiger partial charge in [0.15, 0.2) is 6.10 Å². The van der Waals surface area contributed by atoms with Gasteiger partial charge in [-0.3, -0.25) is 14.4 Å². The largest absolute Gasteiger partial charge is 0.462 e.